The minimum Gasteiger partial charge on any atom is -0.504 e. The van der Waals surface area contributed by atoms with Crippen LogP contribution in [-0.4, -0.2) is 35.0 Å². The second kappa shape index (κ2) is 6.64. The highest BCUT2D eigenvalue weighted by atomic mass is 16.5. The molecule has 1 fully saturated rings. The number of benzene rings is 1. The third kappa shape index (κ3) is 3.44. The Balaban J connectivity index is 2.12. The van der Waals surface area contributed by atoms with E-state index >= 15 is 0 Å². The van der Waals surface area contributed by atoms with Crippen molar-refractivity contribution in [3.63, 3.8) is 0 Å². The van der Waals surface area contributed by atoms with Gasteiger partial charge in [-0.05, 0) is 63.8 Å². The van der Waals surface area contributed by atoms with E-state index in [1.165, 1.54) is 19.3 Å². The van der Waals surface area contributed by atoms with Crippen molar-refractivity contribution in [3.05, 3.63) is 23.8 Å². The first-order valence-corrected chi connectivity index (χ1v) is 7.40. The van der Waals surface area contributed by atoms with Crippen molar-refractivity contribution in [2.75, 3.05) is 6.61 Å². The van der Waals surface area contributed by atoms with E-state index in [0.29, 0.717) is 24.4 Å². The van der Waals surface area contributed by atoms with Gasteiger partial charge in [0.15, 0.2) is 11.5 Å². The van der Waals surface area contributed by atoms with Crippen LogP contribution in [0.2, 0.25) is 0 Å². The van der Waals surface area contributed by atoms with Crippen LogP contribution < -0.4 is 4.74 Å². The topological polar surface area (TPSA) is 45.1 Å². The third-order valence-corrected chi connectivity index (χ3v) is 3.77. The highest BCUT2D eigenvalue weighted by molar-refractivity contribution is 5.80. The second-order valence-electron chi connectivity index (χ2n) is 5.41. The van der Waals surface area contributed by atoms with Gasteiger partial charge in [-0.1, -0.05) is 0 Å². The molecule has 4 heteroatoms. The SMILES string of the molecule is CCOc1cc(C=NN2C(C)CCCC2C)ccc1O. The fourth-order valence-electron chi connectivity index (χ4n) is 2.65. The number of ether oxygens (including phenoxy) is 1. The Morgan fingerprint density at radius 3 is 2.70 bits per heavy atom. The number of phenols is 1. The van der Waals surface area contributed by atoms with E-state index in [-0.39, 0.29) is 5.75 Å². The molecule has 2 rings (SSSR count). The van der Waals surface area contributed by atoms with Crippen molar-refractivity contribution >= 4 is 6.21 Å². The lowest BCUT2D eigenvalue weighted by molar-refractivity contribution is 0.109. The normalized spacial score (nSPS) is 23.2. The van der Waals surface area contributed by atoms with Gasteiger partial charge >= 0.3 is 0 Å². The molecule has 1 N–H and O–H groups in total. The largest absolute Gasteiger partial charge is 0.504 e. The predicted octanol–water partition coefficient (Wildman–Crippen LogP) is 3.39. The molecule has 0 saturated carbocycles. The minimum atomic E-state index is 0.170. The van der Waals surface area contributed by atoms with Crippen LogP contribution in [0.1, 0.15) is 45.6 Å². The standard InChI is InChI=1S/C16H24N2O2/c1-4-20-16-10-14(8-9-15(16)19)11-17-18-12(2)6-5-7-13(18)3/h8-13,19H,4-7H2,1-3H3. The Kier molecular flexibility index (Phi) is 4.88. The number of hydrogen-bond donors (Lipinski definition) is 1. The molecule has 1 saturated heterocycles. The molecule has 4 nitrogen and oxygen atoms in total. The van der Waals surface area contributed by atoms with E-state index in [2.05, 4.69) is 24.0 Å². The summed E-state index contributed by atoms with van der Waals surface area (Å²) in [5.74, 6) is 0.680. The predicted molar refractivity (Wildman–Crippen MR) is 81.5 cm³/mol. The van der Waals surface area contributed by atoms with Gasteiger partial charge in [0.05, 0.1) is 12.8 Å². The van der Waals surface area contributed by atoms with Gasteiger partial charge in [-0.2, -0.15) is 5.10 Å². The van der Waals surface area contributed by atoms with Gasteiger partial charge in [-0.15, -0.1) is 0 Å². The summed E-state index contributed by atoms with van der Waals surface area (Å²) in [6, 6.07) is 6.29. The van der Waals surface area contributed by atoms with Gasteiger partial charge in [0.1, 0.15) is 0 Å². The molecule has 2 unspecified atom stereocenters. The zero-order valence-electron chi connectivity index (χ0n) is 12.5. The van der Waals surface area contributed by atoms with Gasteiger partial charge < -0.3 is 9.84 Å². The Hall–Kier alpha value is -1.71. The van der Waals surface area contributed by atoms with Crippen LogP contribution in [0.5, 0.6) is 11.5 Å². The van der Waals surface area contributed by atoms with Gasteiger partial charge in [-0.25, -0.2) is 0 Å². The van der Waals surface area contributed by atoms with Crippen LogP contribution in [0, 0.1) is 0 Å². The number of aromatic hydroxyl groups is 1. The Morgan fingerprint density at radius 2 is 2.05 bits per heavy atom. The van der Waals surface area contributed by atoms with Crippen molar-refractivity contribution in [1.82, 2.24) is 5.01 Å². The van der Waals surface area contributed by atoms with Crippen LogP contribution in [0.15, 0.2) is 23.3 Å². The van der Waals surface area contributed by atoms with Gasteiger partial charge in [0, 0.05) is 12.1 Å². The molecule has 2 atom stereocenters. The average molecular weight is 276 g/mol. The summed E-state index contributed by atoms with van der Waals surface area (Å²) in [5.41, 5.74) is 0.941. The van der Waals surface area contributed by atoms with Crippen molar-refractivity contribution in [3.8, 4) is 11.5 Å². The summed E-state index contributed by atoms with van der Waals surface area (Å²) in [6.07, 6.45) is 5.52. The number of hydrogen-bond acceptors (Lipinski definition) is 4. The van der Waals surface area contributed by atoms with Crippen LogP contribution in [0.3, 0.4) is 0 Å². The van der Waals surface area contributed by atoms with Crippen molar-refractivity contribution in [2.45, 2.75) is 52.1 Å². The quantitative estimate of drug-likeness (QED) is 0.857. The number of phenolic OH excluding ortho intramolecular Hbond substituents is 1. The zero-order chi connectivity index (χ0) is 14.5. The number of piperidine rings is 1. The Morgan fingerprint density at radius 1 is 1.35 bits per heavy atom. The first-order valence-electron chi connectivity index (χ1n) is 7.40. The lowest BCUT2D eigenvalue weighted by Crippen LogP contribution is -2.39. The number of nitrogens with zero attached hydrogens (tertiary/aromatic N) is 2. The summed E-state index contributed by atoms with van der Waals surface area (Å²) >= 11 is 0. The van der Waals surface area contributed by atoms with Crippen molar-refractivity contribution in [2.24, 2.45) is 5.10 Å². The van der Waals surface area contributed by atoms with E-state index in [1.54, 1.807) is 6.07 Å². The Bertz CT molecular complexity index is 464. The lowest BCUT2D eigenvalue weighted by atomic mass is 10.00. The summed E-state index contributed by atoms with van der Waals surface area (Å²) in [6.45, 7) is 6.87. The lowest BCUT2D eigenvalue weighted by Gasteiger charge is -2.36. The fourth-order valence-corrected chi connectivity index (χ4v) is 2.65. The molecule has 1 aromatic rings. The molecular formula is C16H24N2O2. The van der Waals surface area contributed by atoms with Crippen LogP contribution in [-0.2, 0) is 0 Å². The molecule has 1 aliphatic heterocycles. The molecule has 0 bridgehead atoms. The first kappa shape index (κ1) is 14.7. The molecule has 110 valence electrons. The van der Waals surface area contributed by atoms with E-state index < -0.39 is 0 Å². The molecule has 0 aliphatic carbocycles. The molecule has 1 aliphatic rings. The summed E-state index contributed by atoms with van der Waals surface area (Å²) < 4.78 is 5.39. The molecular weight excluding hydrogens is 252 g/mol. The van der Waals surface area contributed by atoms with E-state index in [0.717, 1.165) is 5.56 Å². The molecule has 0 amide bonds. The van der Waals surface area contributed by atoms with E-state index in [4.69, 9.17) is 4.74 Å². The zero-order valence-corrected chi connectivity index (χ0v) is 12.5. The van der Waals surface area contributed by atoms with Gasteiger partial charge in [-0.3, -0.25) is 5.01 Å². The highest BCUT2D eigenvalue weighted by Gasteiger charge is 2.22. The molecule has 1 heterocycles. The van der Waals surface area contributed by atoms with E-state index in [1.807, 2.05) is 25.3 Å². The molecule has 0 aromatic heterocycles. The summed E-state index contributed by atoms with van der Waals surface area (Å²) in [5, 5.41) is 16.5. The molecule has 0 radical (unpaired) electrons. The Labute approximate surface area is 121 Å². The molecule has 20 heavy (non-hydrogen) atoms. The van der Waals surface area contributed by atoms with E-state index in [9.17, 15) is 5.11 Å². The summed E-state index contributed by atoms with van der Waals surface area (Å²) in [4.78, 5) is 0. The first-order chi connectivity index (χ1) is 9.61. The maximum absolute atomic E-state index is 9.69. The maximum atomic E-state index is 9.69. The highest BCUT2D eigenvalue weighted by Crippen LogP contribution is 2.27. The maximum Gasteiger partial charge on any atom is 0.161 e. The smallest absolute Gasteiger partial charge is 0.161 e. The third-order valence-electron chi connectivity index (χ3n) is 3.77. The van der Waals surface area contributed by atoms with Crippen molar-refractivity contribution < 1.29 is 9.84 Å². The van der Waals surface area contributed by atoms with Gasteiger partial charge in [0.2, 0.25) is 0 Å². The van der Waals surface area contributed by atoms with Crippen LogP contribution >= 0.6 is 0 Å². The molecule has 1 aromatic carbocycles. The van der Waals surface area contributed by atoms with Gasteiger partial charge in [0.25, 0.3) is 0 Å². The monoisotopic (exact) mass is 276 g/mol. The number of hydrazone groups is 1. The minimum absolute atomic E-state index is 0.170. The second-order valence-corrected chi connectivity index (χ2v) is 5.41. The van der Waals surface area contributed by atoms with Crippen LogP contribution in [0.4, 0.5) is 0 Å². The van der Waals surface area contributed by atoms with Crippen molar-refractivity contribution in [1.29, 1.82) is 0 Å². The van der Waals surface area contributed by atoms with Crippen LogP contribution in [0.25, 0.3) is 0 Å². The average Bonchev–Trinajstić information content (AvgIpc) is 2.42. The number of rotatable bonds is 4. The fraction of sp³-hybridized carbons (Fsp3) is 0.562. The summed E-state index contributed by atoms with van der Waals surface area (Å²) in [7, 11) is 0. The molecule has 0 spiro atoms.